The number of aliphatic hydroxyl groups excluding tert-OH is 1. The van der Waals surface area contributed by atoms with Gasteiger partial charge in [-0.25, -0.2) is 4.98 Å². The van der Waals surface area contributed by atoms with Crippen LogP contribution in [0.1, 0.15) is 10.4 Å². The summed E-state index contributed by atoms with van der Waals surface area (Å²) in [7, 11) is 1.62. The molecule has 108 valence electrons. The van der Waals surface area contributed by atoms with E-state index in [2.05, 4.69) is 20.6 Å². The van der Waals surface area contributed by atoms with E-state index in [1.54, 1.807) is 13.1 Å². The number of fused-ring (bicyclic) bond motifs is 3. The van der Waals surface area contributed by atoms with Crippen molar-refractivity contribution in [1.29, 1.82) is 0 Å². The summed E-state index contributed by atoms with van der Waals surface area (Å²) < 4.78 is 0. The summed E-state index contributed by atoms with van der Waals surface area (Å²) in [6, 6.07) is 9.32. The smallest absolute Gasteiger partial charge is 0.251 e. The maximum Gasteiger partial charge on any atom is 0.251 e. The highest BCUT2D eigenvalue weighted by Crippen LogP contribution is 2.28. The average Bonchev–Trinajstić information content (AvgIpc) is 2.89. The van der Waals surface area contributed by atoms with E-state index in [1.165, 1.54) is 0 Å². The number of anilines is 1. The van der Waals surface area contributed by atoms with Crippen molar-refractivity contribution >= 4 is 33.7 Å². The number of benzene rings is 1. The number of nitrogens with one attached hydrogen (secondary N) is 3. The molecule has 0 bridgehead atoms. The van der Waals surface area contributed by atoms with Gasteiger partial charge in [0, 0.05) is 35.4 Å². The molecule has 0 saturated heterocycles. The van der Waals surface area contributed by atoms with Gasteiger partial charge >= 0.3 is 0 Å². The number of aromatic amines is 1. The van der Waals surface area contributed by atoms with Crippen LogP contribution in [-0.2, 0) is 0 Å². The highest BCUT2D eigenvalue weighted by Gasteiger charge is 2.14. The Bertz CT molecular complexity index is 810. The van der Waals surface area contributed by atoms with Crippen molar-refractivity contribution in [3.63, 3.8) is 0 Å². The lowest BCUT2D eigenvalue weighted by Gasteiger charge is -2.03. The molecule has 21 heavy (non-hydrogen) atoms. The summed E-state index contributed by atoms with van der Waals surface area (Å²) in [6.07, 6.45) is 0. The molecule has 0 aliphatic carbocycles. The quantitative estimate of drug-likeness (QED) is 0.584. The molecule has 3 rings (SSSR count). The zero-order valence-corrected chi connectivity index (χ0v) is 11.6. The molecule has 0 saturated carbocycles. The molecule has 2 aromatic heterocycles. The fourth-order valence-electron chi connectivity index (χ4n) is 2.44. The van der Waals surface area contributed by atoms with E-state index in [9.17, 15) is 4.79 Å². The van der Waals surface area contributed by atoms with Gasteiger partial charge in [0.2, 0.25) is 0 Å². The molecular formula is C15H16N4O2. The molecule has 0 unspecified atom stereocenters. The van der Waals surface area contributed by atoms with Gasteiger partial charge < -0.3 is 20.7 Å². The lowest BCUT2D eigenvalue weighted by molar-refractivity contribution is 0.0965. The number of amides is 1. The predicted molar refractivity (Wildman–Crippen MR) is 82.6 cm³/mol. The Labute approximate surface area is 121 Å². The summed E-state index contributed by atoms with van der Waals surface area (Å²) in [5, 5.41) is 16.3. The molecule has 0 atom stereocenters. The third-order valence-corrected chi connectivity index (χ3v) is 3.37. The molecule has 0 spiro atoms. The first-order valence-corrected chi connectivity index (χ1v) is 6.73. The van der Waals surface area contributed by atoms with Crippen LogP contribution in [0.5, 0.6) is 0 Å². The molecule has 6 heteroatoms. The molecule has 1 aromatic carbocycles. The fourth-order valence-corrected chi connectivity index (χ4v) is 2.44. The highest BCUT2D eigenvalue weighted by molar-refractivity contribution is 6.17. The molecular weight excluding hydrogens is 268 g/mol. The predicted octanol–water partition coefficient (Wildman–Crippen LogP) is 1.48. The number of H-pyrrole nitrogens is 1. The lowest BCUT2D eigenvalue weighted by atomic mass is 10.1. The van der Waals surface area contributed by atoms with Crippen molar-refractivity contribution in [3.8, 4) is 0 Å². The largest absolute Gasteiger partial charge is 0.395 e. The molecule has 6 nitrogen and oxygen atoms in total. The van der Waals surface area contributed by atoms with E-state index < -0.39 is 0 Å². The van der Waals surface area contributed by atoms with E-state index in [0.717, 1.165) is 16.3 Å². The van der Waals surface area contributed by atoms with Crippen LogP contribution in [0.4, 0.5) is 5.82 Å². The van der Waals surface area contributed by atoms with Gasteiger partial charge in [-0.3, -0.25) is 4.79 Å². The summed E-state index contributed by atoms with van der Waals surface area (Å²) in [5.74, 6) is 0.564. The van der Waals surface area contributed by atoms with Crippen molar-refractivity contribution < 1.29 is 9.90 Å². The Balaban J connectivity index is 2.19. The number of carbonyl (C=O) groups is 1. The Kier molecular flexibility index (Phi) is 3.45. The number of nitrogens with zero attached hydrogens (tertiary/aromatic N) is 1. The molecule has 0 fully saturated rings. The fraction of sp³-hybridized carbons (Fsp3) is 0.200. The van der Waals surface area contributed by atoms with Crippen LogP contribution < -0.4 is 10.6 Å². The summed E-state index contributed by atoms with van der Waals surface area (Å²) in [5.41, 5.74) is 2.21. The summed E-state index contributed by atoms with van der Waals surface area (Å²) in [6.45, 7) is 0.495. The summed E-state index contributed by atoms with van der Waals surface area (Å²) >= 11 is 0. The van der Waals surface area contributed by atoms with E-state index in [1.807, 2.05) is 24.3 Å². The van der Waals surface area contributed by atoms with Crippen molar-refractivity contribution in [2.45, 2.75) is 0 Å². The van der Waals surface area contributed by atoms with Crippen LogP contribution in [0, 0.1) is 0 Å². The number of pyridine rings is 1. The SMILES string of the molecule is CNC(=O)c1cccc2[nH]c3nc(NCCO)ccc3c12. The Morgan fingerprint density at radius 2 is 2.19 bits per heavy atom. The van der Waals surface area contributed by atoms with Crippen LogP contribution in [0.15, 0.2) is 30.3 Å². The van der Waals surface area contributed by atoms with Gasteiger partial charge in [0.15, 0.2) is 0 Å². The van der Waals surface area contributed by atoms with Crippen LogP contribution in [-0.4, -0.2) is 41.2 Å². The maximum atomic E-state index is 12.0. The topological polar surface area (TPSA) is 90.0 Å². The molecule has 0 radical (unpaired) electrons. The molecule has 0 aliphatic heterocycles. The van der Waals surface area contributed by atoms with E-state index >= 15 is 0 Å². The highest BCUT2D eigenvalue weighted by atomic mass is 16.3. The number of aliphatic hydroxyl groups is 1. The third-order valence-electron chi connectivity index (χ3n) is 3.37. The van der Waals surface area contributed by atoms with Gasteiger partial charge in [-0.1, -0.05) is 6.07 Å². The monoisotopic (exact) mass is 284 g/mol. The van der Waals surface area contributed by atoms with Crippen molar-refractivity contribution in [3.05, 3.63) is 35.9 Å². The van der Waals surface area contributed by atoms with Crippen LogP contribution in [0.2, 0.25) is 0 Å². The second-order valence-corrected chi connectivity index (χ2v) is 4.68. The van der Waals surface area contributed by atoms with E-state index in [-0.39, 0.29) is 12.5 Å². The molecule has 3 aromatic rings. The van der Waals surface area contributed by atoms with Gasteiger partial charge in [0.25, 0.3) is 5.91 Å². The number of hydrogen-bond donors (Lipinski definition) is 4. The second-order valence-electron chi connectivity index (χ2n) is 4.68. The molecule has 0 aliphatic rings. The standard InChI is InChI=1S/C15H16N4O2/c1-16-15(21)10-3-2-4-11-13(10)9-5-6-12(17-7-8-20)19-14(9)18-11/h2-6,20H,7-8H2,1H3,(H,16,21)(H2,17,18,19). The van der Waals surface area contributed by atoms with Crippen LogP contribution in [0.25, 0.3) is 21.9 Å². The average molecular weight is 284 g/mol. The molecule has 1 amide bonds. The first kappa shape index (κ1) is 13.4. The minimum absolute atomic E-state index is 0.0488. The minimum atomic E-state index is -0.121. The summed E-state index contributed by atoms with van der Waals surface area (Å²) in [4.78, 5) is 19.7. The first-order chi connectivity index (χ1) is 10.2. The van der Waals surface area contributed by atoms with Gasteiger partial charge in [-0.2, -0.15) is 0 Å². The Hall–Kier alpha value is -2.60. The number of hydrogen-bond acceptors (Lipinski definition) is 4. The third kappa shape index (κ3) is 2.30. The van der Waals surface area contributed by atoms with Gasteiger partial charge in [-0.15, -0.1) is 0 Å². The van der Waals surface area contributed by atoms with E-state index in [0.29, 0.717) is 23.6 Å². The van der Waals surface area contributed by atoms with Gasteiger partial charge in [-0.05, 0) is 24.3 Å². The van der Waals surface area contributed by atoms with Crippen LogP contribution in [0.3, 0.4) is 0 Å². The number of rotatable bonds is 4. The zero-order chi connectivity index (χ0) is 14.8. The minimum Gasteiger partial charge on any atom is -0.395 e. The Morgan fingerprint density at radius 1 is 1.33 bits per heavy atom. The molecule has 4 N–H and O–H groups in total. The second kappa shape index (κ2) is 5.41. The number of aromatic nitrogens is 2. The Morgan fingerprint density at radius 3 is 2.95 bits per heavy atom. The normalized spacial score (nSPS) is 11.0. The van der Waals surface area contributed by atoms with Crippen molar-refractivity contribution in [2.75, 3.05) is 25.5 Å². The first-order valence-electron chi connectivity index (χ1n) is 6.73. The van der Waals surface area contributed by atoms with Crippen molar-refractivity contribution in [1.82, 2.24) is 15.3 Å². The van der Waals surface area contributed by atoms with E-state index in [4.69, 9.17) is 5.11 Å². The van der Waals surface area contributed by atoms with Crippen molar-refractivity contribution in [2.24, 2.45) is 0 Å². The number of carbonyl (C=O) groups excluding carboxylic acids is 1. The van der Waals surface area contributed by atoms with Gasteiger partial charge in [0.05, 0.1) is 6.61 Å². The van der Waals surface area contributed by atoms with Gasteiger partial charge in [0.1, 0.15) is 11.5 Å². The zero-order valence-electron chi connectivity index (χ0n) is 11.6. The maximum absolute atomic E-state index is 12.0. The lowest BCUT2D eigenvalue weighted by Crippen LogP contribution is -2.17. The van der Waals surface area contributed by atoms with Crippen LogP contribution >= 0.6 is 0 Å². The molecule has 2 heterocycles.